The highest BCUT2D eigenvalue weighted by atomic mass is 16.7. The van der Waals surface area contributed by atoms with Gasteiger partial charge in [0.2, 0.25) is 5.91 Å². The molecule has 194 valence electrons. The number of amides is 1. The second-order valence-electron chi connectivity index (χ2n) is 10.0. The van der Waals surface area contributed by atoms with E-state index < -0.39 is 5.97 Å². The van der Waals surface area contributed by atoms with Crippen molar-refractivity contribution >= 4 is 28.6 Å². The van der Waals surface area contributed by atoms with Crippen LogP contribution in [0.5, 0.6) is 0 Å². The zero-order valence-electron chi connectivity index (χ0n) is 22.1. The number of hydrogen-bond donors (Lipinski definition) is 1. The van der Waals surface area contributed by atoms with Crippen LogP contribution in [-0.4, -0.2) is 27.0 Å². The molecule has 6 rings (SSSR count). The van der Waals surface area contributed by atoms with Crippen LogP contribution in [0.1, 0.15) is 34.2 Å². The lowest BCUT2D eigenvalue weighted by Crippen LogP contribution is -2.24. The molecule has 5 aromatic rings. The minimum absolute atomic E-state index is 0.00509. The highest BCUT2D eigenvalue weighted by molar-refractivity contribution is 6.02. The summed E-state index contributed by atoms with van der Waals surface area (Å²) in [6.45, 7) is 6.08. The van der Waals surface area contributed by atoms with Gasteiger partial charge in [0.25, 0.3) is 0 Å². The molecule has 4 aromatic carbocycles. The molecule has 0 atom stereocenters. The second kappa shape index (κ2) is 9.83. The highest BCUT2D eigenvalue weighted by Gasteiger charge is 2.27. The molecular weight excluding hydrogens is 488 g/mol. The molecule has 1 aliphatic rings. The van der Waals surface area contributed by atoms with Gasteiger partial charge in [-0.2, -0.15) is 0 Å². The van der Waals surface area contributed by atoms with Gasteiger partial charge in [-0.15, -0.1) is 5.10 Å². The number of benzene rings is 4. The lowest BCUT2D eigenvalue weighted by atomic mass is 9.81. The van der Waals surface area contributed by atoms with Crippen molar-refractivity contribution in [2.75, 3.05) is 5.32 Å². The molecule has 0 bridgehead atoms. The summed E-state index contributed by atoms with van der Waals surface area (Å²) in [5.74, 6) is -0.516. The minimum atomic E-state index is -0.473. The number of carbonyl (C=O) groups is 2. The van der Waals surface area contributed by atoms with Gasteiger partial charge >= 0.3 is 5.97 Å². The molecule has 39 heavy (non-hydrogen) atoms. The van der Waals surface area contributed by atoms with Gasteiger partial charge in [-0.05, 0) is 83.5 Å². The third kappa shape index (κ3) is 4.46. The van der Waals surface area contributed by atoms with Crippen molar-refractivity contribution in [2.24, 2.45) is 0 Å². The highest BCUT2D eigenvalue weighted by Crippen LogP contribution is 2.45. The molecule has 0 spiro atoms. The predicted molar refractivity (Wildman–Crippen MR) is 151 cm³/mol. The van der Waals surface area contributed by atoms with Crippen molar-refractivity contribution in [3.05, 3.63) is 101 Å². The topological polar surface area (TPSA) is 86.1 Å². The summed E-state index contributed by atoms with van der Waals surface area (Å²) in [7, 11) is 0. The molecule has 1 aliphatic heterocycles. The van der Waals surface area contributed by atoms with E-state index in [0.29, 0.717) is 23.9 Å². The first-order valence-corrected chi connectivity index (χ1v) is 13.0. The van der Waals surface area contributed by atoms with Gasteiger partial charge in [-0.25, -0.2) is 4.79 Å². The Morgan fingerprint density at radius 1 is 0.897 bits per heavy atom. The number of nitrogens with one attached hydrogen (secondary N) is 1. The number of anilines is 1. The van der Waals surface area contributed by atoms with Crippen molar-refractivity contribution in [3.63, 3.8) is 0 Å². The predicted octanol–water partition coefficient (Wildman–Crippen LogP) is 5.77. The molecule has 7 heteroatoms. The van der Waals surface area contributed by atoms with Crippen molar-refractivity contribution in [3.8, 4) is 22.3 Å². The first-order valence-electron chi connectivity index (χ1n) is 13.0. The third-order valence-corrected chi connectivity index (χ3v) is 7.47. The molecular formula is C32H28N4O3. The molecule has 0 unspecified atom stereocenters. The van der Waals surface area contributed by atoms with E-state index in [1.54, 1.807) is 6.07 Å². The summed E-state index contributed by atoms with van der Waals surface area (Å²) in [5.41, 5.74) is 11.0. The number of fused-ring (bicyclic) bond motifs is 4. The normalized spacial score (nSPS) is 12.7. The van der Waals surface area contributed by atoms with Crippen molar-refractivity contribution < 1.29 is 14.4 Å². The van der Waals surface area contributed by atoms with E-state index in [0.717, 1.165) is 60.6 Å². The molecule has 7 nitrogen and oxygen atoms in total. The lowest BCUT2D eigenvalue weighted by molar-refractivity contribution is -0.144. The van der Waals surface area contributed by atoms with Gasteiger partial charge in [0.05, 0.1) is 12.1 Å². The number of para-hydroxylation sites is 1. The molecule has 0 saturated carbocycles. The lowest BCUT2D eigenvalue weighted by Gasteiger charge is -2.27. The van der Waals surface area contributed by atoms with E-state index in [1.165, 1.54) is 0 Å². The number of rotatable bonds is 4. The largest absolute Gasteiger partial charge is 0.339 e. The first kappa shape index (κ1) is 24.6. The fourth-order valence-corrected chi connectivity index (χ4v) is 5.51. The van der Waals surface area contributed by atoms with Crippen molar-refractivity contribution in [1.82, 2.24) is 15.2 Å². The fraction of sp³-hybridized carbons (Fsp3) is 0.188. The van der Waals surface area contributed by atoms with Crippen LogP contribution in [0.15, 0.2) is 72.8 Å². The van der Waals surface area contributed by atoms with Crippen LogP contribution in [0.2, 0.25) is 0 Å². The monoisotopic (exact) mass is 516 g/mol. The van der Waals surface area contributed by atoms with E-state index in [2.05, 4.69) is 65.9 Å². The molecule has 0 radical (unpaired) electrons. The van der Waals surface area contributed by atoms with E-state index in [1.807, 2.05) is 37.3 Å². The standard InChI is InChI=1S/C32H28N4O3/c1-19-12-14-23(15-13-19)30-21(3)31-24-9-5-4-8-22(24)16-17-28(37)33-32(31)20(2)25(30)18-29(38)39-36-27-11-7-6-10-26(27)34-35-36/h4-15H,16-18H2,1-3H3,(H,33,37). The Hall–Kier alpha value is -4.78. The maximum atomic E-state index is 13.4. The fourth-order valence-electron chi connectivity index (χ4n) is 5.51. The van der Waals surface area contributed by atoms with Gasteiger partial charge in [-0.1, -0.05) is 71.1 Å². The molecule has 1 amide bonds. The SMILES string of the molecule is Cc1ccc(-c2c(C)c3c(c(C)c2CC(=O)On2nnc4ccccc42)NC(=O)CCc2ccccc2-3)cc1. The first-order chi connectivity index (χ1) is 18.9. The van der Waals surface area contributed by atoms with E-state index in [-0.39, 0.29) is 12.3 Å². The molecule has 1 N–H and O–H groups in total. The van der Waals surface area contributed by atoms with Crippen LogP contribution in [-0.2, 0) is 22.4 Å². The van der Waals surface area contributed by atoms with Gasteiger partial charge in [0.15, 0.2) is 0 Å². The van der Waals surface area contributed by atoms with Crippen LogP contribution in [0, 0.1) is 20.8 Å². The van der Waals surface area contributed by atoms with E-state index in [9.17, 15) is 9.59 Å². The second-order valence-corrected chi connectivity index (χ2v) is 10.0. The van der Waals surface area contributed by atoms with Gasteiger partial charge in [-0.3, -0.25) is 4.79 Å². The summed E-state index contributed by atoms with van der Waals surface area (Å²) in [5, 5.41) is 11.2. The van der Waals surface area contributed by atoms with E-state index >= 15 is 0 Å². The van der Waals surface area contributed by atoms with Crippen molar-refractivity contribution in [2.45, 2.75) is 40.0 Å². The Balaban J connectivity index is 1.53. The Bertz CT molecular complexity index is 1750. The average Bonchev–Trinajstić information content (AvgIpc) is 3.33. The summed E-state index contributed by atoms with van der Waals surface area (Å²) >= 11 is 0. The zero-order chi connectivity index (χ0) is 27.1. The summed E-state index contributed by atoms with van der Waals surface area (Å²) < 4.78 is 0. The molecule has 1 aromatic heterocycles. The number of hydrogen-bond acceptors (Lipinski definition) is 5. The summed E-state index contributed by atoms with van der Waals surface area (Å²) in [4.78, 5) is 33.1. The van der Waals surface area contributed by atoms with Gasteiger partial charge in [0.1, 0.15) is 11.0 Å². The number of aromatic nitrogens is 3. The average molecular weight is 517 g/mol. The van der Waals surface area contributed by atoms with Crippen LogP contribution < -0.4 is 10.2 Å². The zero-order valence-corrected chi connectivity index (χ0v) is 22.1. The Morgan fingerprint density at radius 3 is 2.46 bits per heavy atom. The Labute approximate surface area is 226 Å². The van der Waals surface area contributed by atoms with Crippen molar-refractivity contribution in [1.29, 1.82) is 0 Å². The maximum Gasteiger partial charge on any atom is 0.339 e. The minimum Gasteiger partial charge on any atom is -0.325 e. The summed E-state index contributed by atoms with van der Waals surface area (Å²) in [6, 6.07) is 23.8. The van der Waals surface area contributed by atoms with Gasteiger partial charge < -0.3 is 10.2 Å². The van der Waals surface area contributed by atoms with E-state index in [4.69, 9.17) is 4.84 Å². The number of nitrogens with zero attached hydrogens (tertiary/aromatic N) is 3. The third-order valence-electron chi connectivity index (χ3n) is 7.47. The van der Waals surface area contributed by atoms with Crippen LogP contribution >= 0.6 is 0 Å². The molecule has 0 fully saturated rings. The Morgan fingerprint density at radius 2 is 1.64 bits per heavy atom. The Kier molecular flexibility index (Phi) is 6.19. The smallest absolute Gasteiger partial charge is 0.325 e. The van der Waals surface area contributed by atoms with Crippen LogP contribution in [0.4, 0.5) is 5.69 Å². The van der Waals surface area contributed by atoms with Crippen LogP contribution in [0.3, 0.4) is 0 Å². The van der Waals surface area contributed by atoms with Gasteiger partial charge in [0, 0.05) is 12.0 Å². The molecule has 0 saturated heterocycles. The molecule has 2 heterocycles. The quantitative estimate of drug-likeness (QED) is 0.306. The van der Waals surface area contributed by atoms with Crippen LogP contribution in [0.25, 0.3) is 33.3 Å². The summed E-state index contributed by atoms with van der Waals surface area (Å²) in [6.07, 6.45) is 1.06. The molecule has 0 aliphatic carbocycles. The number of carbonyl (C=O) groups excluding carboxylic acids is 2. The number of aryl methyl sites for hydroxylation is 2. The maximum absolute atomic E-state index is 13.4.